The number of nitro groups is 1. The number of piperidine rings is 1. The second-order valence-corrected chi connectivity index (χ2v) is 8.32. The van der Waals surface area contributed by atoms with Gasteiger partial charge in [0, 0.05) is 37.2 Å². The molecule has 1 amide bonds. The number of hydrogen-bond acceptors (Lipinski definition) is 8. The molecule has 3 rings (SSSR count). The summed E-state index contributed by atoms with van der Waals surface area (Å²) in [5, 5.41) is 19.5. The smallest absolute Gasteiger partial charge is 0.293 e. The Kier molecular flexibility index (Phi) is 7.72. The Morgan fingerprint density at radius 1 is 1.40 bits per heavy atom. The molecule has 162 valence electrons. The van der Waals surface area contributed by atoms with Crippen molar-refractivity contribution in [3.8, 4) is 0 Å². The number of nitrogens with zero attached hydrogens (tertiary/aromatic N) is 3. The van der Waals surface area contributed by atoms with Crippen molar-refractivity contribution < 1.29 is 14.5 Å². The van der Waals surface area contributed by atoms with E-state index in [9.17, 15) is 14.9 Å². The van der Waals surface area contributed by atoms with Crippen LogP contribution < -0.4 is 10.6 Å². The van der Waals surface area contributed by atoms with Crippen LogP contribution in [0.3, 0.4) is 0 Å². The summed E-state index contributed by atoms with van der Waals surface area (Å²) in [5.41, 5.74) is 1.33. The van der Waals surface area contributed by atoms with E-state index in [1.165, 1.54) is 36.3 Å². The van der Waals surface area contributed by atoms with Crippen LogP contribution in [0, 0.1) is 16.0 Å². The van der Waals surface area contributed by atoms with Crippen molar-refractivity contribution in [1.29, 1.82) is 0 Å². The molecule has 1 saturated heterocycles. The lowest BCUT2D eigenvalue weighted by molar-refractivity contribution is -0.384. The molecule has 0 radical (unpaired) electrons. The molecule has 2 heterocycles. The van der Waals surface area contributed by atoms with Crippen molar-refractivity contribution in [2.45, 2.75) is 26.3 Å². The van der Waals surface area contributed by atoms with Crippen molar-refractivity contribution >= 4 is 33.8 Å². The first kappa shape index (κ1) is 22.1. The van der Waals surface area contributed by atoms with Crippen LogP contribution in [-0.2, 0) is 11.3 Å². The molecular formula is C20H27N5O4S. The number of aromatic nitrogens is 1. The quantitative estimate of drug-likeness (QED) is 0.353. The molecule has 9 nitrogen and oxygen atoms in total. The normalized spacial score (nSPS) is 15.1. The fraction of sp³-hybridized carbons (Fsp3) is 0.500. The third-order valence-electron chi connectivity index (χ3n) is 5.11. The lowest BCUT2D eigenvalue weighted by atomic mass is 9.99. The molecule has 0 saturated carbocycles. The van der Waals surface area contributed by atoms with E-state index in [0.717, 1.165) is 31.2 Å². The number of methoxy groups -OCH3 is 1. The molecule has 1 fully saturated rings. The number of anilines is 2. The van der Waals surface area contributed by atoms with Gasteiger partial charge in [-0.3, -0.25) is 25.1 Å². The van der Waals surface area contributed by atoms with E-state index in [2.05, 4.69) is 27.4 Å². The van der Waals surface area contributed by atoms with Crippen LogP contribution in [0.25, 0.3) is 0 Å². The number of amides is 1. The van der Waals surface area contributed by atoms with Gasteiger partial charge in [-0.15, -0.1) is 11.3 Å². The molecule has 2 N–H and O–H groups in total. The van der Waals surface area contributed by atoms with Gasteiger partial charge in [0.05, 0.1) is 17.2 Å². The van der Waals surface area contributed by atoms with E-state index in [1.54, 1.807) is 13.2 Å². The standard InChI is InChI=1S/C20H27N5O4S/c1-14-5-8-24(9-6-14)12-16-13-30-20(22-16)23-19(26)15-3-4-17(21-7-10-29-2)18(11-15)25(27)28/h3-4,11,13-14,21H,5-10,12H2,1-2H3,(H,22,23,26). The number of carbonyl (C=O) groups is 1. The average molecular weight is 434 g/mol. The largest absolute Gasteiger partial charge is 0.383 e. The lowest BCUT2D eigenvalue weighted by Gasteiger charge is -2.29. The summed E-state index contributed by atoms with van der Waals surface area (Å²) in [6.07, 6.45) is 2.39. The monoisotopic (exact) mass is 433 g/mol. The number of carbonyl (C=O) groups excluding carboxylic acids is 1. The molecule has 1 aliphatic rings. The third kappa shape index (κ3) is 5.97. The number of rotatable bonds is 9. The molecule has 1 aromatic heterocycles. The SMILES string of the molecule is COCCNc1ccc(C(=O)Nc2nc(CN3CCC(C)CC3)cs2)cc1[N+](=O)[O-]. The first-order valence-electron chi connectivity index (χ1n) is 9.95. The predicted octanol–water partition coefficient (Wildman–Crippen LogP) is 3.59. The van der Waals surface area contributed by atoms with Crippen LogP contribution in [0.5, 0.6) is 0 Å². The highest BCUT2D eigenvalue weighted by Gasteiger charge is 2.19. The maximum atomic E-state index is 12.6. The van der Waals surface area contributed by atoms with Crippen LogP contribution in [0.15, 0.2) is 23.6 Å². The van der Waals surface area contributed by atoms with Crippen molar-refractivity contribution in [2.24, 2.45) is 5.92 Å². The Hall–Kier alpha value is -2.56. The van der Waals surface area contributed by atoms with E-state index in [1.807, 2.05) is 5.38 Å². The molecule has 0 atom stereocenters. The van der Waals surface area contributed by atoms with E-state index < -0.39 is 10.8 Å². The van der Waals surface area contributed by atoms with Crippen LogP contribution in [0.1, 0.15) is 35.8 Å². The van der Waals surface area contributed by atoms with Crippen LogP contribution >= 0.6 is 11.3 Å². The Labute approximate surface area is 179 Å². The highest BCUT2D eigenvalue weighted by molar-refractivity contribution is 7.14. The number of likely N-dealkylation sites (tertiary alicyclic amines) is 1. The number of hydrogen-bond donors (Lipinski definition) is 2. The average Bonchev–Trinajstić information content (AvgIpc) is 3.16. The van der Waals surface area contributed by atoms with E-state index >= 15 is 0 Å². The number of benzene rings is 1. The van der Waals surface area contributed by atoms with Gasteiger partial charge in [0.2, 0.25) is 0 Å². The minimum atomic E-state index is -0.507. The maximum Gasteiger partial charge on any atom is 0.293 e. The fourth-order valence-electron chi connectivity index (χ4n) is 3.32. The molecule has 0 spiro atoms. The highest BCUT2D eigenvalue weighted by Crippen LogP contribution is 2.26. The zero-order valence-corrected chi connectivity index (χ0v) is 18.0. The first-order chi connectivity index (χ1) is 14.5. The van der Waals surface area contributed by atoms with Crippen molar-refractivity contribution in [2.75, 3.05) is 44.0 Å². The molecule has 0 aliphatic carbocycles. The van der Waals surface area contributed by atoms with Gasteiger partial charge in [0.25, 0.3) is 11.6 Å². The molecule has 0 bridgehead atoms. The van der Waals surface area contributed by atoms with Crippen LogP contribution in [0.2, 0.25) is 0 Å². The van der Waals surface area contributed by atoms with Gasteiger partial charge in [-0.2, -0.15) is 0 Å². The van der Waals surface area contributed by atoms with Crippen LogP contribution in [0.4, 0.5) is 16.5 Å². The predicted molar refractivity (Wildman–Crippen MR) is 117 cm³/mol. The first-order valence-corrected chi connectivity index (χ1v) is 10.8. The number of thiazole rings is 1. The van der Waals surface area contributed by atoms with Gasteiger partial charge >= 0.3 is 0 Å². The lowest BCUT2D eigenvalue weighted by Crippen LogP contribution is -2.32. The molecule has 1 aromatic carbocycles. The second-order valence-electron chi connectivity index (χ2n) is 7.47. The molecular weight excluding hydrogens is 406 g/mol. The topological polar surface area (TPSA) is 110 Å². The Morgan fingerprint density at radius 3 is 2.87 bits per heavy atom. The summed E-state index contributed by atoms with van der Waals surface area (Å²) in [4.78, 5) is 30.3. The maximum absolute atomic E-state index is 12.6. The van der Waals surface area contributed by atoms with Gasteiger partial charge in [0.15, 0.2) is 5.13 Å². The minimum Gasteiger partial charge on any atom is -0.383 e. The molecule has 1 aliphatic heterocycles. The number of nitro benzene ring substituents is 1. The highest BCUT2D eigenvalue weighted by atomic mass is 32.1. The molecule has 10 heteroatoms. The third-order valence-corrected chi connectivity index (χ3v) is 5.92. The molecule has 0 unspecified atom stereocenters. The van der Waals surface area contributed by atoms with Gasteiger partial charge in [-0.25, -0.2) is 4.98 Å². The van der Waals surface area contributed by atoms with Gasteiger partial charge in [0.1, 0.15) is 5.69 Å². The second kappa shape index (κ2) is 10.5. The van der Waals surface area contributed by atoms with E-state index in [-0.39, 0.29) is 11.3 Å². The van der Waals surface area contributed by atoms with Gasteiger partial charge in [-0.1, -0.05) is 6.92 Å². The van der Waals surface area contributed by atoms with Crippen molar-refractivity contribution in [1.82, 2.24) is 9.88 Å². The summed E-state index contributed by atoms with van der Waals surface area (Å²) in [6, 6.07) is 4.36. The Balaban J connectivity index is 1.62. The van der Waals surface area contributed by atoms with Crippen molar-refractivity contribution in [3.63, 3.8) is 0 Å². The summed E-state index contributed by atoms with van der Waals surface area (Å²) < 4.78 is 4.94. The van der Waals surface area contributed by atoms with E-state index in [4.69, 9.17) is 4.74 Å². The molecule has 2 aromatic rings. The Morgan fingerprint density at radius 2 is 2.17 bits per heavy atom. The van der Waals surface area contributed by atoms with Gasteiger partial charge < -0.3 is 10.1 Å². The van der Waals surface area contributed by atoms with Gasteiger partial charge in [-0.05, 0) is 44.0 Å². The zero-order valence-electron chi connectivity index (χ0n) is 17.2. The van der Waals surface area contributed by atoms with Crippen molar-refractivity contribution in [3.05, 3.63) is 45.0 Å². The number of ether oxygens (including phenoxy) is 1. The molecule has 30 heavy (non-hydrogen) atoms. The summed E-state index contributed by atoms with van der Waals surface area (Å²) >= 11 is 1.36. The summed E-state index contributed by atoms with van der Waals surface area (Å²) in [5.74, 6) is 0.353. The minimum absolute atomic E-state index is 0.155. The summed E-state index contributed by atoms with van der Waals surface area (Å²) in [6.45, 7) is 6.03. The number of nitrogens with one attached hydrogen (secondary N) is 2. The fourth-order valence-corrected chi connectivity index (χ4v) is 4.01. The zero-order chi connectivity index (χ0) is 21.5. The van der Waals surface area contributed by atoms with E-state index in [0.29, 0.717) is 24.0 Å². The van der Waals surface area contributed by atoms with Crippen LogP contribution in [-0.4, -0.2) is 54.1 Å². The Bertz CT molecular complexity index is 880. The summed E-state index contributed by atoms with van der Waals surface area (Å²) in [7, 11) is 1.56.